The van der Waals surface area contributed by atoms with Crippen molar-refractivity contribution >= 4 is 44.8 Å². The van der Waals surface area contributed by atoms with E-state index in [2.05, 4.69) is 29.3 Å². The van der Waals surface area contributed by atoms with Crippen molar-refractivity contribution < 1.29 is 9.47 Å². The first-order valence-electron chi connectivity index (χ1n) is 10.2. The van der Waals surface area contributed by atoms with Gasteiger partial charge in [-0.1, -0.05) is 17.7 Å². The Balaban J connectivity index is 1.79. The van der Waals surface area contributed by atoms with Gasteiger partial charge in [0.1, 0.15) is 18.1 Å². The first-order chi connectivity index (χ1) is 14.9. The van der Waals surface area contributed by atoms with Gasteiger partial charge in [0.05, 0.1) is 23.8 Å². The predicted octanol–water partition coefficient (Wildman–Crippen LogP) is 6.04. The van der Waals surface area contributed by atoms with Crippen molar-refractivity contribution in [1.29, 1.82) is 0 Å². The molecule has 0 aliphatic rings. The van der Waals surface area contributed by atoms with Crippen molar-refractivity contribution in [1.82, 2.24) is 9.88 Å². The Morgan fingerprint density at radius 3 is 2.58 bits per heavy atom. The van der Waals surface area contributed by atoms with Gasteiger partial charge in [0.15, 0.2) is 0 Å². The molecule has 0 spiro atoms. The second-order valence-corrected chi connectivity index (χ2v) is 8.22. The van der Waals surface area contributed by atoms with Crippen LogP contribution in [-0.4, -0.2) is 44.2 Å². The lowest BCUT2D eigenvalue weighted by atomic mass is 10.1. The molecule has 0 saturated carbocycles. The van der Waals surface area contributed by atoms with E-state index in [1.165, 1.54) is 0 Å². The molecule has 1 aromatic heterocycles. The van der Waals surface area contributed by atoms with Gasteiger partial charge in [0.25, 0.3) is 0 Å². The van der Waals surface area contributed by atoms with Crippen LogP contribution in [0.3, 0.4) is 0 Å². The highest BCUT2D eigenvalue weighted by Crippen LogP contribution is 2.36. The second-order valence-electron chi connectivity index (χ2n) is 7.79. The first-order valence-corrected chi connectivity index (χ1v) is 10.5. The summed E-state index contributed by atoms with van der Waals surface area (Å²) in [6.45, 7) is 3.55. The fraction of sp³-hybridized carbons (Fsp3) is 0.240. The van der Waals surface area contributed by atoms with Gasteiger partial charge in [-0.05, 0) is 69.0 Å². The van der Waals surface area contributed by atoms with Crippen molar-refractivity contribution in [3.8, 4) is 11.5 Å². The number of hydrogen-bond donors (Lipinski definition) is 1. The summed E-state index contributed by atoms with van der Waals surface area (Å²) in [5.41, 5.74) is 4.70. The lowest BCUT2D eigenvalue weighted by Gasteiger charge is -2.17. The van der Waals surface area contributed by atoms with E-state index in [0.29, 0.717) is 11.6 Å². The van der Waals surface area contributed by atoms with Crippen LogP contribution in [0.2, 0.25) is 5.02 Å². The molecule has 0 atom stereocenters. The van der Waals surface area contributed by atoms with E-state index in [1.807, 2.05) is 56.6 Å². The summed E-state index contributed by atoms with van der Waals surface area (Å²) >= 11 is 6.24. The van der Waals surface area contributed by atoms with Gasteiger partial charge in [0.2, 0.25) is 0 Å². The van der Waals surface area contributed by atoms with Gasteiger partial charge < -0.3 is 19.7 Å². The van der Waals surface area contributed by atoms with Crippen LogP contribution in [0.4, 0.5) is 11.4 Å². The SMILES string of the molecule is COc1ccc2nc3cc(Cl)ccc3c(Nc3ccc(C)c(OCCN(C)C)c3)c2c1. The number of nitrogens with zero attached hydrogens (tertiary/aromatic N) is 2. The molecule has 0 unspecified atom stereocenters. The standard InChI is InChI=1S/C25H26ClN3O2/c1-16-5-7-18(14-24(16)31-12-11-29(2)3)27-25-20-9-6-17(26)13-23(20)28-22-10-8-19(30-4)15-21(22)25/h5-10,13-15H,11-12H2,1-4H3,(H,27,28). The molecule has 6 heteroatoms. The zero-order valence-electron chi connectivity index (χ0n) is 18.2. The van der Waals surface area contributed by atoms with E-state index < -0.39 is 0 Å². The number of pyridine rings is 1. The number of halogens is 1. The van der Waals surface area contributed by atoms with E-state index in [9.17, 15) is 0 Å². The molecule has 0 bridgehead atoms. The number of ether oxygens (including phenoxy) is 2. The highest BCUT2D eigenvalue weighted by Gasteiger charge is 2.12. The summed E-state index contributed by atoms with van der Waals surface area (Å²) < 4.78 is 11.5. The van der Waals surface area contributed by atoms with Gasteiger partial charge in [-0.2, -0.15) is 0 Å². The largest absolute Gasteiger partial charge is 0.497 e. The van der Waals surface area contributed by atoms with Crippen LogP contribution in [0.15, 0.2) is 54.6 Å². The molecule has 1 heterocycles. The quantitative estimate of drug-likeness (QED) is 0.358. The van der Waals surface area contributed by atoms with Gasteiger partial charge >= 0.3 is 0 Å². The molecule has 5 nitrogen and oxygen atoms in total. The lowest BCUT2D eigenvalue weighted by Crippen LogP contribution is -2.19. The third-order valence-electron chi connectivity index (χ3n) is 5.20. The summed E-state index contributed by atoms with van der Waals surface area (Å²) in [6, 6.07) is 17.8. The molecule has 0 amide bonds. The monoisotopic (exact) mass is 435 g/mol. The van der Waals surface area contributed by atoms with E-state index >= 15 is 0 Å². The highest BCUT2D eigenvalue weighted by molar-refractivity contribution is 6.31. The summed E-state index contributed by atoms with van der Waals surface area (Å²) in [5, 5.41) is 6.22. The Kier molecular flexibility index (Phi) is 6.16. The van der Waals surface area contributed by atoms with Crippen LogP contribution in [0.25, 0.3) is 21.8 Å². The number of aryl methyl sites for hydroxylation is 1. The van der Waals surface area contributed by atoms with Gasteiger partial charge in [-0.15, -0.1) is 0 Å². The number of benzene rings is 3. The number of anilines is 2. The molecular weight excluding hydrogens is 410 g/mol. The number of rotatable bonds is 7. The maximum Gasteiger partial charge on any atom is 0.124 e. The Bertz CT molecular complexity index is 1240. The smallest absolute Gasteiger partial charge is 0.124 e. The zero-order valence-corrected chi connectivity index (χ0v) is 19.0. The highest BCUT2D eigenvalue weighted by atomic mass is 35.5. The Labute approximate surface area is 187 Å². The van der Waals surface area contributed by atoms with Crippen LogP contribution >= 0.6 is 11.6 Å². The summed E-state index contributed by atoms with van der Waals surface area (Å²) in [4.78, 5) is 6.90. The Morgan fingerprint density at radius 1 is 0.968 bits per heavy atom. The minimum absolute atomic E-state index is 0.633. The average molecular weight is 436 g/mol. The van der Waals surface area contributed by atoms with Crippen LogP contribution in [0.5, 0.6) is 11.5 Å². The molecule has 4 rings (SSSR count). The van der Waals surface area contributed by atoms with E-state index in [0.717, 1.165) is 56.8 Å². The predicted molar refractivity (Wildman–Crippen MR) is 129 cm³/mol. The molecule has 31 heavy (non-hydrogen) atoms. The van der Waals surface area contributed by atoms with Crippen molar-refractivity contribution in [2.24, 2.45) is 0 Å². The molecule has 0 aliphatic carbocycles. The van der Waals surface area contributed by atoms with Crippen molar-refractivity contribution in [3.05, 3.63) is 65.2 Å². The number of hydrogen-bond acceptors (Lipinski definition) is 5. The third-order valence-corrected chi connectivity index (χ3v) is 5.43. The maximum atomic E-state index is 6.24. The molecule has 0 aliphatic heterocycles. The van der Waals surface area contributed by atoms with Crippen LogP contribution < -0.4 is 14.8 Å². The maximum absolute atomic E-state index is 6.24. The number of nitrogens with one attached hydrogen (secondary N) is 1. The van der Waals surface area contributed by atoms with Gasteiger partial charge in [-0.25, -0.2) is 4.98 Å². The molecule has 160 valence electrons. The molecule has 0 saturated heterocycles. The summed E-state index contributed by atoms with van der Waals surface area (Å²) in [7, 11) is 5.74. The first kappa shape index (κ1) is 21.2. The summed E-state index contributed by atoms with van der Waals surface area (Å²) in [6.07, 6.45) is 0. The third kappa shape index (κ3) is 4.68. The van der Waals surface area contributed by atoms with E-state index in [1.54, 1.807) is 7.11 Å². The number of likely N-dealkylation sites (N-methyl/N-ethyl adjacent to an activating group) is 1. The van der Waals surface area contributed by atoms with E-state index in [-0.39, 0.29) is 0 Å². The molecule has 0 fully saturated rings. The lowest BCUT2D eigenvalue weighted by molar-refractivity contribution is 0.260. The van der Waals surface area contributed by atoms with Gasteiger partial charge in [-0.3, -0.25) is 0 Å². The minimum Gasteiger partial charge on any atom is -0.497 e. The Morgan fingerprint density at radius 2 is 1.81 bits per heavy atom. The zero-order chi connectivity index (χ0) is 22.0. The molecule has 0 radical (unpaired) electrons. The van der Waals surface area contributed by atoms with Crippen LogP contribution in [0.1, 0.15) is 5.56 Å². The molecule has 1 N–H and O–H groups in total. The van der Waals surface area contributed by atoms with E-state index in [4.69, 9.17) is 26.1 Å². The van der Waals surface area contributed by atoms with Crippen molar-refractivity contribution in [2.75, 3.05) is 39.7 Å². The van der Waals surface area contributed by atoms with Crippen LogP contribution in [0, 0.1) is 6.92 Å². The Hall–Kier alpha value is -3.02. The van der Waals surface area contributed by atoms with Gasteiger partial charge in [0, 0.05) is 34.1 Å². The molecule has 4 aromatic rings. The summed E-state index contributed by atoms with van der Waals surface area (Å²) in [5.74, 6) is 1.65. The fourth-order valence-corrected chi connectivity index (χ4v) is 3.64. The van der Waals surface area contributed by atoms with Crippen molar-refractivity contribution in [3.63, 3.8) is 0 Å². The second kappa shape index (κ2) is 9.00. The number of methoxy groups -OCH3 is 1. The fourth-order valence-electron chi connectivity index (χ4n) is 3.47. The molecular formula is C25H26ClN3O2. The minimum atomic E-state index is 0.633. The topological polar surface area (TPSA) is 46.6 Å². The van der Waals surface area contributed by atoms with Crippen LogP contribution in [-0.2, 0) is 0 Å². The molecule has 3 aromatic carbocycles. The number of fused-ring (bicyclic) bond motifs is 2. The number of aromatic nitrogens is 1. The van der Waals surface area contributed by atoms with Crippen molar-refractivity contribution in [2.45, 2.75) is 6.92 Å². The normalized spacial score (nSPS) is 11.3. The average Bonchev–Trinajstić information content (AvgIpc) is 2.75.